The van der Waals surface area contributed by atoms with Crippen molar-refractivity contribution in [3.8, 4) is 0 Å². The van der Waals surface area contributed by atoms with Crippen LogP contribution in [0.15, 0.2) is 18.2 Å². The quantitative estimate of drug-likeness (QED) is 0.540. The highest BCUT2D eigenvalue weighted by molar-refractivity contribution is 5.95. The Hall–Kier alpha value is -2.64. The fourth-order valence-corrected chi connectivity index (χ4v) is 2.02. The van der Waals surface area contributed by atoms with Gasteiger partial charge in [-0.25, -0.2) is 0 Å². The first-order valence-corrected chi connectivity index (χ1v) is 6.05. The normalized spacial score (nSPS) is 17.4. The van der Waals surface area contributed by atoms with Gasteiger partial charge in [0.05, 0.1) is 11.0 Å². The predicted octanol–water partition coefficient (Wildman–Crippen LogP) is 0.255. The Morgan fingerprint density at radius 2 is 2.25 bits per heavy atom. The zero-order valence-corrected chi connectivity index (χ0v) is 10.8. The van der Waals surface area contributed by atoms with Crippen molar-refractivity contribution in [1.29, 1.82) is 0 Å². The summed E-state index contributed by atoms with van der Waals surface area (Å²) < 4.78 is 0. The van der Waals surface area contributed by atoms with Gasteiger partial charge in [0.25, 0.3) is 11.6 Å². The van der Waals surface area contributed by atoms with E-state index in [4.69, 9.17) is 0 Å². The molecule has 1 aromatic rings. The molecule has 1 aromatic carbocycles. The average molecular weight is 278 g/mol. The van der Waals surface area contributed by atoms with Crippen LogP contribution in [-0.4, -0.2) is 36.4 Å². The lowest BCUT2D eigenvalue weighted by Gasteiger charge is -2.13. The van der Waals surface area contributed by atoms with Crippen LogP contribution in [0.5, 0.6) is 0 Å². The molecule has 0 aliphatic carbocycles. The first-order chi connectivity index (χ1) is 9.51. The zero-order chi connectivity index (χ0) is 14.7. The van der Waals surface area contributed by atoms with Crippen molar-refractivity contribution in [1.82, 2.24) is 10.6 Å². The third-order valence-electron chi connectivity index (χ3n) is 3.02. The molecule has 0 bridgehead atoms. The number of nitro groups is 1. The highest BCUT2D eigenvalue weighted by Crippen LogP contribution is 2.27. The van der Waals surface area contributed by atoms with Gasteiger partial charge >= 0.3 is 0 Å². The second-order valence-electron chi connectivity index (χ2n) is 4.42. The fourth-order valence-electron chi connectivity index (χ4n) is 2.02. The maximum Gasteiger partial charge on any atom is 0.292 e. The minimum absolute atomic E-state index is 0.104. The van der Waals surface area contributed by atoms with Crippen molar-refractivity contribution in [2.24, 2.45) is 0 Å². The van der Waals surface area contributed by atoms with Gasteiger partial charge in [-0.05, 0) is 12.1 Å². The van der Waals surface area contributed by atoms with Crippen LogP contribution >= 0.6 is 0 Å². The van der Waals surface area contributed by atoms with Gasteiger partial charge in [0, 0.05) is 31.6 Å². The first kappa shape index (κ1) is 13.8. The Kier molecular flexibility index (Phi) is 3.83. The zero-order valence-electron chi connectivity index (χ0n) is 10.8. The molecule has 0 saturated carbocycles. The molecule has 1 atom stereocenters. The minimum atomic E-state index is -0.528. The number of carbonyl (C=O) groups excluding carboxylic acids is 2. The second-order valence-corrected chi connectivity index (χ2v) is 4.42. The van der Waals surface area contributed by atoms with Gasteiger partial charge in [-0.15, -0.1) is 0 Å². The lowest BCUT2D eigenvalue weighted by Crippen LogP contribution is -2.23. The van der Waals surface area contributed by atoms with Crippen LogP contribution in [-0.2, 0) is 4.79 Å². The summed E-state index contributed by atoms with van der Waals surface area (Å²) in [5.41, 5.74) is 0.424. The van der Waals surface area contributed by atoms with Gasteiger partial charge in [0.2, 0.25) is 5.91 Å². The number of carbonyl (C=O) groups is 2. The van der Waals surface area contributed by atoms with Crippen molar-refractivity contribution in [2.75, 3.05) is 18.9 Å². The lowest BCUT2D eigenvalue weighted by molar-refractivity contribution is -0.384. The molecule has 1 aliphatic heterocycles. The van der Waals surface area contributed by atoms with Gasteiger partial charge < -0.3 is 16.0 Å². The molecule has 20 heavy (non-hydrogen) atoms. The standard InChI is InChI=1S/C12H14N4O4/c1-13-12(18)7-2-3-10(16(19)20)9(4-7)15-8-5-11(17)14-6-8/h2-4,8,15H,5-6H2,1H3,(H,13,18)(H,14,17). The highest BCUT2D eigenvalue weighted by Gasteiger charge is 2.24. The number of hydrogen-bond donors (Lipinski definition) is 3. The van der Waals surface area contributed by atoms with Gasteiger partial charge in [0.15, 0.2) is 0 Å². The molecular formula is C12H14N4O4. The molecular weight excluding hydrogens is 264 g/mol. The van der Waals surface area contributed by atoms with Crippen molar-refractivity contribution in [3.05, 3.63) is 33.9 Å². The van der Waals surface area contributed by atoms with Crippen molar-refractivity contribution in [3.63, 3.8) is 0 Å². The Balaban J connectivity index is 2.29. The van der Waals surface area contributed by atoms with E-state index < -0.39 is 4.92 Å². The summed E-state index contributed by atoms with van der Waals surface area (Å²) in [6, 6.07) is 3.86. The van der Waals surface area contributed by atoms with E-state index in [0.717, 1.165) is 0 Å². The van der Waals surface area contributed by atoms with Gasteiger partial charge in [0.1, 0.15) is 5.69 Å². The third kappa shape index (κ3) is 2.85. The largest absolute Gasteiger partial charge is 0.374 e. The lowest BCUT2D eigenvalue weighted by atomic mass is 10.1. The van der Waals surface area contributed by atoms with E-state index in [1.165, 1.54) is 25.2 Å². The predicted molar refractivity (Wildman–Crippen MR) is 71.5 cm³/mol. The monoisotopic (exact) mass is 278 g/mol. The Morgan fingerprint density at radius 1 is 1.50 bits per heavy atom. The maximum atomic E-state index is 11.6. The van der Waals surface area contributed by atoms with Crippen molar-refractivity contribution >= 4 is 23.2 Å². The second kappa shape index (κ2) is 5.55. The summed E-state index contributed by atoms with van der Waals surface area (Å²) in [7, 11) is 1.48. The molecule has 106 valence electrons. The molecule has 1 aliphatic rings. The number of benzene rings is 1. The smallest absolute Gasteiger partial charge is 0.292 e. The molecule has 1 fully saturated rings. The van der Waals surface area contributed by atoms with Crippen LogP contribution in [0, 0.1) is 10.1 Å². The number of rotatable bonds is 4. The molecule has 2 rings (SSSR count). The molecule has 8 heteroatoms. The molecule has 1 heterocycles. The molecule has 0 radical (unpaired) electrons. The third-order valence-corrected chi connectivity index (χ3v) is 3.02. The average Bonchev–Trinajstić information content (AvgIpc) is 2.82. The Morgan fingerprint density at radius 3 is 2.80 bits per heavy atom. The number of nitro benzene ring substituents is 1. The summed E-state index contributed by atoms with van der Waals surface area (Å²) >= 11 is 0. The van der Waals surface area contributed by atoms with Crippen LogP contribution in [0.4, 0.5) is 11.4 Å². The SMILES string of the molecule is CNC(=O)c1ccc([N+](=O)[O-])c(NC2CNC(=O)C2)c1. The number of anilines is 1. The minimum Gasteiger partial charge on any atom is -0.374 e. The van der Waals surface area contributed by atoms with Crippen LogP contribution in [0.1, 0.15) is 16.8 Å². The number of hydrogen-bond acceptors (Lipinski definition) is 5. The van der Waals surface area contributed by atoms with E-state index in [1.54, 1.807) is 0 Å². The van der Waals surface area contributed by atoms with Crippen LogP contribution < -0.4 is 16.0 Å². The van der Waals surface area contributed by atoms with E-state index in [2.05, 4.69) is 16.0 Å². The van der Waals surface area contributed by atoms with E-state index >= 15 is 0 Å². The topological polar surface area (TPSA) is 113 Å². The van der Waals surface area contributed by atoms with Crippen LogP contribution in [0.3, 0.4) is 0 Å². The Bertz CT molecular complexity index is 573. The number of amides is 2. The Labute approximate surface area is 114 Å². The van der Waals surface area contributed by atoms with Gasteiger partial charge in [-0.3, -0.25) is 19.7 Å². The van der Waals surface area contributed by atoms with Crippen molar-refractivity contribution in [2.45, 2.75) is 12.5 Å². The van der Waals surface area contributed by atoms with E-state index in [0.29, 0.717) is 12.1 Å². The van der Waals surface area contributed by atoms with E-state index in [-0.39, 0.29) is 35.7 Å². The van der Waals surface area contributed by atoms with Crippen molar-refractivity contribution < 1.29 is 14.5 Å². The summed E-state index contributed by atoms with van der Waals surface area (Å²) in [6.45, 7) is 0.403. The highest BCUT2D eigenvalue weighted by atomic mass is 16.6. The molecule has 0 aromatic heterocycles. The molecule has 0 spiro atoms. The van der Waals surface area contributed by atoms with Gasteiger partial charge in [-0.2, -0.15) is 0 Å². The van der Waals surface area contributed by atoms with Gasteiger partial charge in [-0.1, -0.05) is 0 Å². The molecule has 1 unspecified atom stereocenters. The first-order valence-electron chi connectivity index (χ1n) is 6.05. The number of nitrogens with one attached hydrogen (secondary N) is 3. The van der Waals surface area contributed by atoms with E-state index in [1.807, 2.05) is 0 Å². The summed E-state index contributed by atoms with van der Waals surface area (Å²) in [4.78, 5) is 33.2. The molecule has 1 saturated heterocycles. The molecule has 8 nitrogen and oxygen atoms in total. The molecule has 2 amide bonds. The summed E-state index contributed by atoms with van der Waals surface area (Å²) in [5, 5.41) is 19.0. The van der Waals surface area contributed by atoms with Crippen LogP contribution in [0.25, 0.3) is 0 Å². The van der Waals surface area contributed by atoms with E-state index in [9.17, 15) is 19.7 Å². The number of nitrogens with zero attached hydrogens (tertiary/aromatic N) is 1. The molecule has 3 N–H and O–H groups in total. The fraction of sp³-hybridized carbons (Fsp3) is 0.333. The van der Waals surface area contributed by atoms with Crippen LogP contribution in [0.2, 0.25) is 0 Å². The summed E-state index contributed by atoms with van der Waals surface area (Å²) in [5.74, 6) is -0.434. The maximum absolute atomic E-state index is 11.6. The summed E-state index contributed by atoms with van der Waals surface area (Å²) in [6.07, 6.45) is 0.251.